The number of halogens is 2. The number of hydrogen-bond acceptors (Lipinski definition) is 0. The van der Waals surface area contributed by atoms with Crippen molar-refractivity contribution in [1.82, 2.24) is 0 Å². The molecule has 1 fully saturated rings. The summed E-state index contributed by atoms with van der Waals surface area (Å²) in [6.07, 6.45) is 2.26. The SMILES string of the molecule is Fc1ccc(C2CC[Si-]CC2)cc1F. The van der Waals surface area contributed by atoms with E-state index in [2.05, 4.69) is 0 Å². The molecule has 0 atom stereocenters. The van der Waals surface area contributed by atoms with E-state index in [0.29, 0.717) is 5.92 Å². The third-order valence-corrected chi connectivity index (χ3v) is 4.04. The molecule has 2 rings (SSSR count). The van der Waals surface area contributed by atoms with Gasteiger partial charge in [0.2, 0.25) is 0 Å². The van der Waals surface area contributed by atoms with Crippen LogP contribution in [0, 0.1) is 11.6 Å². The third kappa shape index (κ3) is 2.03. The van der Waals surface area contributed by atoms with Gasteiger partial charge in [-0.2, -0.15) is 0 Å². The van der Waals surface area contributed by atoms with Crippen molar-refractivity contribution in [1.29, 1.82) is 0 Å². The number of benzene rings is 1. The molecule has 0 unspecified atom stereocenters. The van der Waals surface area contributed by atoms with E-state index in [1.54, 1.807) is 6.07 Å². The van der Waals surface area contributed by atoms with E-state index >= 15 is 0 Å². The van der Waals surface area contributed by atoms with Gasteiger partial charge in [-0.3, -0.25) is 0 Å². The molecule has 1 radical (unpaired) electrons. The van der Waals surface area contributed by atoms with Gasteiger partial charge in [-0.1, -0.05) is 18.9 Å². The molecule has 0 bridgehead atoms. The Morgan fingerprint density at radius 3 is 2.43 bits per heavy atom. The quantitative estimate of drug-likeness (QED) is 0.623. The molecule has 1 saturated heterocycles. The third-order valence-electron chi connectivity index (χ3n) is 2.75. The van der Waals surface area contributed by atoms with Crippen molar-refractivity contribution in [2.75, 3.05) is 0 Å². The molecule has 1 aliphatic heterocycles. The van der Waals surface area contributed by atoms with E-state index in [0.717, 1.165) is 27.9 Å². The van der Waals surface area contributed by atoms with Crippen molar-refractivity contribution in [2.45, 2.75) is 30.8 Å². The fraction of sp³-hybridized carbons (Fsp3) is 0.455. The van der Waals surface area contributed by atoms with Crippen LogP contribution in [-0.2, 0) is 0 Å². The first-order chi connectivity index (χ1) is 6.77. The summed E-state index contributed by atoms with van der Waals surface area (Å²) in [6.45, 7) is 0. The molecule has 0 saturated carbocycles. The second-order valence-corrected chi connectivity index (χ2v) is 5.20. The summed E-state index contributed by atoms with van der Waals surface area (Å²) in [5.74, 6) is -1.01. The topological polar surface area (TPSA) is 0 Å². The van der Waals surface area contributed by atoms with Crippen LogP contribution < -0.4 is 0 Å². The summed E-state index contributed by atoms with van der Waals surface area (Å²) in [4.78, 5) is 0. The Morgan fingerprint density at radius 2 is 1.79 bits per heavy atom. The summed E-state index contributed by atoms with van der Waals surface area (Å²) in [7, 11) is 1.06. The predicted molar refractivity (Wildman–Crippen MR) is 53.7 cm³/mol. The minimum atomic E-state index is -0.744. The van der Waals surface area contributed by atoms with E-state index in [1.807, 2.05) is 0 Å². The van der Waals surface area contributed by atoms with Gasteiger partial charge in [0, 0.05) is 0 Å². The van der Waals surface area contributed by atoms with E-state index < -0.39 is 11.6 Å². The molecule has 0 spiro atoms. The highest BCUT2D eigenvalue weighted by Gasteiger charge is 2.12. The number of hydrogen-bond donors (Lipinski definition) is 0. The minimum Gasteiger partial charge on any atom is -0.429 e. The molecule has 14 heavy (non-hydrogen) atoms. The van der Waals surface area contributed by atoms with Gasteiger partial charge in [0.1, 0.15) is 0 Å². The first kappa shape index (κ1) is 9.84. The Labute approximate surface area is 85.2 Å². The molecular formula is C11H12F2Si-. The van der Waals surface area contributed by atoms with Crippen LogP contribution in [0.15, 0.2) is 18.2 Å². The first-order valence-electron chi connectivity index (χ1n) is 4.93. The molecule has 0 N–H and O–H groups in total. The second kappa shape index (κ2) is 4.21. The van der Waals surface area contributed by atoms with Crippen LogP contribution in [0.25, 0.3) is 0 Å². The molecule has 1 aromatic carbocycles. The van der Waals surface area contributed by atoms with Crippen molar-refractivity contribution in [2.24, 2.45) is 0 Å². The highest BCUT2D eigenvalue weighted by molar-refractivity contribution is 6.35. The molecule has 0 aromatic heterocycles. The van der Waals surface area contributed by atoms with Crippen LogP contribution in [0.1, 0.15) is 24.3 Å². The van der Waals surface area contributed by atoms with Crippen LogP contribution in [0.4, 0.5) is 8.78 Å². The zero-order chi connectivity index (χ0) is 9.97. The van der Waals surface area contributed by atoms with Gasteiger partial charge in [-0.05, 0) is 23.6 Å². The van der Waals surface area contributed by atoms with Crippen molar-refractivity contribution < 1.29 is 8.78 Å². The van der Waals surface area contributed by atoms with Gasteiger partial charge < -0.3 is 9.52 Å². The van der Waals surface area contributed by atoms with Crippen molar-refractivity contribution in [3.8, 4) is 0 Å². The second-order valence-electron chi connectivity index (χ2n) is 3.70. The Kier molecular flexibility index (Phi) is 2.96. The molecule has 3 heteroatoms. The molecule has 1 aromatic rings. The summed E-state index contributed by atoms with van der Waals surface area (Å²) < 4.78 is 25.7. The van der Waals surface area contributed by atoms with Crippen molar-refractivity contribution in [3.63, 3.8) is 0 Å². The van der Waals surface area contributed by atoms with Gasteiger partial charge in [-0.25, -0.2) is 20.9 Å². The first-order valence-corrected chi connectivity index (χ1v) is 6.34. The zero-order valence-corrected chi connectivity index (χ0v) is 8.89. The standard InChI is InChI=1S/C11H12F2Si/c12-10-2-1-9(7-11(10)13)8-3-5-14-6-4-8/h1-2,7-8H,3-6H2/q-1. The minimum absolute atomic E-state index is 0.450. The van der Waals surface area contributed by atoms with E-state index in [4.69, 9.17) is 0 Å². The lowest BCUT2D eigenvalue weighted by atomic mass is 9.93. The van der Waals surface area contributed by atoms with Gasteiger partial charge in [0.15, 0.2) is 11.6 Å². The van der Waals surface area contributed by atoms with Crippen LogP contribution in [0.3, 0.4) is 0 Å². The maximum Gasteiger partial charge on any atom is 0.159 e. The molecule has 1 aliphatic rings. The summed E-state index contributed by atoms with van der Waals surface area (Å²) >= 11 is 0. The molecule has 0 amide bonds. The molecule has 0 aliphatic carbocycles. The Balaban J connectivity index is 2.18. The Bertz CT molecular complexity index is 319. The lowest BCUT2D eigenvalue weighted by molar-refractivity contribution is 0.502. The summed E-state index contributed by atoms with van der Waals surface area (Å²) in [5, 5.41) is 0. The summed E-state index contributed by atoms with van der Waals surface area (Å²) in [5.41, 5.74) is 0.966. The lowest BCUT2D eigenvalue weighted by Crippen LogP contribution is -2.08. The zero-order valence-electron chi connectivity index (χ0n) is 7.89. The molecule has 0 nitrogen and oxygen atoms in total. The van der Waals surface area contributed by atoms with E-state index in [-0.39, 0.29) is 0 Å². The van der Waals surface area contributed by atoms with Crippen molar-refractivity contribution in [3.05, 3.63) is 35.4 Å². The number of rotatable bonds is 1. The van der Waals surface area contributed by atoms with Gasteiger partial charge in [0.05, 0.1) is 0 Å². The van der Waals surface area contributed by atoms with Crippen LogP contribution in [0.5, 0.6) is 0 Å². The smallest absolute Gasteiger partial charge is 0.159 e. The maximum absolute atomic E-state index is 13.0. The average Bonchev–Trinajstić information content (AvgIpc) is 2.23. The van der Waals surface area contributed by atoms with Gasteiger partial charge in [0.25, 0.3) is 0 Å². The van der Waals surface area contributed by atoms with Gasteiger partial charge >= 0.3 is 0 Å². The molecule has 1 heterocycles. The monoisotopic (exact) mass is 210 g/mol. The fourth-order valence-electron chi connectivity index (χ4n) is 1.92. The van der Waals surface area contributed by atoms with Crippen molar-refractivity contribution >= 4 is 9.52 Å². The van der Waals surface area contributed by atoms with Gasteiger partial charge in [-0.15, -0.1) is 0 Å². The largest absolute Gasteiger partial charge is 0.429 e. The Hall–Kier alpha value is -0.703. The molecular weight excluding hydrogens is 198 g/mol. The van der Waals surface area contributed by atoms with E-state index in [1.165, 1.54) is 24.2 Å². The maximum atomic E-state index is 13.0. The fourth-order valence-corrected chi connectivity index (χ4v) is 3.28. The Morgan fingerprint density at radius 1 is 1.07 bits per heavy atom. The predicted octanol–water partition coefficient (Wildman–Crippen LogP) is 3.38. The van der Waals surface area contributed by atoms with Crippen LogP contribution in [-0.4, -0.2) is 9.52 Å². The lowest BCUT2D eigenvalue weighted by Gasteiger charge is -2.30. The van der Waals surface area contributed by atoms with E-state index in [9.17, 15) is 8.78 Å². The normalized spacial score (nSPS) is 18.4. The highest BCUT2D eigenvalue weighted by Crippen LogP contribution is 2.31. The highest BCUT2D eigenvalue weighted by atomic mass is 28.2. The summed E-state index contributed by atoms with van der Waals surface area (Å²) in [6, 6.07) is 6.79. The molecule has 75 valence electrons. The van der Waals surface area contributed by atoms with Crippen LogP contribution >= 0.6 is 0 Å². The van der Waals surface area contributed by atoms with Crippen LogP contribution in [0.2, 0.25) is 12.1 Å². The average molecular weight is 210 g/mol.